The predicted molar refractivity (Wildman–Crippen MR) is 80.4 cm³/mol. The van der Waals surface area contributed by atoms with Gasteiger partial charge in [0.05, 0.1) is 13.7 Å². The van der Waals surface area contributed by atoms with E-state index >= 15 is 0 Å². The third-order valence-electron chi connectivity index (χ3n) is 2.99. The molecule has 0 unspecified atom stereocenters. The normalized spacial score (nSPS) is 10.4. The zero-order valence-corrected chi connectivity index (χ0v) is 12.1. The third-order valence-corrected chi connectivity index (χ3v) is 2.99. The third kappa shape index (κ3) is 4.73. The van der Waals surface area contributed by atoms with Crippen molar-refractivity contribution in [2.45, 2.75) is 13.2 Å². The minimum absolute atomic E-state index is 0.129. The first-order chi connectivity index (χ1) is 10.3. The number of aromatic nitrogens is 1. The highest BCUT2D eigenvalue weighted by Crippen LogP contribution is 2.28. The SMILES string of the molecule is COc1cc(CNCCO)ccc1OCc1ccncc1. The largest absolute Gasteiger partial charge is 0.493 e. The number of benzene rings is 1. The van der Waals surface area contributed by atoms with Crippen molar-refractivity contribution in [1.29, 1.82) is 0 Å². The molecule has 0 bridgehead atoms. The minimum atomic E-state index is 0.129. The summed E-state index contributed by atoms with van der Waals surface area (Å²) in [5, 5.41) is 11.9. The molecule has 2 rings (SSSR count). The lowest BCUT2D eigenvalue weighted by Gasteiger charge is -2.12. The molecule has 0 amide bonds. The Morgan fingerprint density at radius 1 is 1.10 bits per heavy atom. The van der Waals surface area contributed by atoms with E-state index in [0.717, 1.165) is 11.1 Å². The van der Waals surface area contributed by atoms with Gasteiger partial charge in [0.1, 0.15) is 6.61 Å². The van der Waals surface area contributed by atoms with Gasteiger partial charge >= 0.3 is 0 Å². The fraction of sp³-hybridized carbons (Fsp3) is 0.312. The average Bonchev–Trinajstić information content (AvgIpc) is 2.54. The van der Waals surface area contributed by atoms with Crippen molar-refractivity contribution in [1.82, 2.24) is 10.3 Å². The number of ether oxygens (including phenoxy) is 2. The van der Waals surface area contributed by atoms with Gasteiger partial charge in [0.15, 0.2) is 11.5 Å². The second kappa shape index (κ2) is 8.24. The maximum atomic E-state index is 8.76. The number of rotatable bonds is 8. The molecule has 0 fully saturated rings. The summed E-state index contributed by atoms with van der Waals surface area (Å²) in [6.07, 6.45) is 3.48. The number of pyridine rings is 1. The first kappa shape index (κ1) is 15.3. The molecule has 0 atom stereocenters. The quantitative estimate of drug-likeness (QED) is 0.725. The Morgan fingerprint density at radius 2 is 1.90 bits per heavy atom. The van der Waals surface area contributed by atoms with Crippen LogP contribution in [0.3, 0.4) is 0 Å². The predicted octanol–water partition coefficient (Wildman–Crippen LogP) is 1.75. The number of aliphatic hydroxyl groups is 1. The van der Waals surface area contributed by atoms with E-state index in [9.17, 15) is 0 Å². The summed E-state index contributed by atoms with van der Waals surface area (Å²) < 4.78 is 11.1. The fourth-order valence-corrected chi connectivity index (χ4v) is 1.89. The lowest BCUT2D eigenvalue weighted by Crippen LogP contribution is -2.17. The van der Waals surface area contributed by atoms with Crippen molar-refractivity contribution in [2.24, 2.45) is 0 Å². The number of nitrogens with one attached hydrogen (secondary N) is 1. The summed E-state index contributed by atoms with van der Waals surface area (Å²) in [5.74, 6) is 1.41. The topological polar surface area (TPSA) is 63.6 Å². The van der Waals surface area contributed by atoms with Crippen molar-refractivity contribution in [3.63, 3.8) is 0 Å². The molecule has 1 heterocycles. The van der Waals surface area contributed by atoms with Crippen molar-refractivity contribution in [3.05, 3.63) is 53.9 Å². The second-order valence-electron chi connectivity index (χ2n) is 4.53. The Labute approximate surface area is 124 Å². The van der Waals surface area contributed by atoms with Gasteiger partial charge in [-0.25, -0.2) is 0 Å². The number of aliphatic hydroxyl groups excluding tert-OH is 1. The van der Waals surface area contributed by atoms with E-state index in [1.165, 1.54) is 0 Å². The molecule has 21 heavy (non-hydrogen) atoms. The molecule has 0 aliphatic carbocycles. The average molecular weight is 288 g/mol. The molecule has 1 aromatic carbocycles. The maximum absolute atomic E-state index is 8.76. The second-order valence-corrected chi connectivity index (χ2v) is 4.53. The molecule has 2 N–H and O–H groups in total. The Morgan fingerprint density at radius 3 is 2.62 bits per heavy atom. The molecule has 0 saturated heterocycles. The van der Waals surface area contributed by atoms with Crippen LogP contribution >= 0.6 is 0 Å². The zero-order chi connectivity index (χ0) is 14.9. The molecule has 5 heteroatoms. The highest BCUT2D eigenvalue weighted by molar-refractivity contribution is 5.43. The molecule has 1 aromatic heterocycles. The van der Waals surface area contributed by atoms with E-state index in [1.54, 1.807) is 19.5 Å². The van der Waals surface area contributed by atoms with Crippen LogP contribution in [0.25, 0.3) is 0 Å². The summed E-state index contributed by atoms with van der Waals surface area (Å²) in [6, 6.07) is 9.65. The Hall–Kier alpha value is -2.11. The van der Waals surface area contributed by atoms with Gasteiger partial charge < -0.3 is 19.9 Å². The van der Waals surface area contributed by atoms with Crippen molar-refractivity contribution >= 4 is 0 Å². The lowest BCUT2D eigenvalue weighted by molar-refractivity contribution is 0.283. The zero-order valence-electron chi connectivity index (χ0n) is 12.1. The standard InChI is InChI=1S/C16H20N2O3/c1-20-16-10-14(11-18-8-9-19)2-3-15(16)21-12-13-4-6-17-7-5-13/h2-7,10,18-19H,8-9,11-12H2,1H3. The summed E-state index contributed by atoms with van der Waals surface area (Å²) in [7, 11) is 1.62. The van der Waals surface area contributed by atoms with E-state index in [4.69, 9.17) is 14.6 Å². The van der Waals surface area contributed by atoms with Crippen LogP contribution in [0.4, 0.5) is 0 Å². The van der Waals surface area contributed by atoms with Gasteiger partial charge in [-0.1, -0.05) is 6.07 Å². The first-order valence-corrected chi connectivity index (χ1v) is 6.83. The number of hydrogen-bond donors (Lipinski definition) is 2. The van der Waals surface area contributed by atoms with E-state index in [-0.39, 0.29) is 6.61 Å². The molecule has 0 saturated carbocycles. The van der Waals surface area contributed by atoms with Gasteiger partial charge in [0.25, 0.3) is 0 Å². The Bertz CT molecular complexity index is 546. The van der Waals surface area contributed by atoms with Crippen LogP contribution in [0.2, 0.25) is 0 Å². The van der Waals surface area contributed by atoms with Gasteiger partial charge in [0, 0.05) is 25.5 Å². The summed E-state index contributed by atoms with van der Waals surface area (Å²) >= 11 is 0. The minimum Gasteiger partial charge on any atom is -0.493 e. The van der Waals surface area contributed by atoms with E-state index < -0.39 is 0 Å². The molecule has 0 aliphatic heterocycles. The molecule has 0 radical (unpaired) electrons. The van der Waals surface area contributed by atoms with Crippen LogP contribution in [-0.2, 0) is 13.2 Å². The van der Waals surface area contributed by atoms with E-state index in [1.807, 2.05) is 30.3 Å². The van der Waals surface area contributed by atoms with Gasteiger partial charge in [-0.05, 0) is 35.4 Å². The van der Waals surface area contributed by atoms with E-state index in [2.05, 4.69) is 10.3 Å². The van der Waals surface area contributed by atoms with Crippen LogP contribution in [0, 0.1) is 0 Å². The fourth-order valence-electron chi connectivity index (χ4n) is 1.89. The Kier molecular flexibility index (Phi) is 5.99. The smallest absolute Gasteiger partial charge is 0.161 e. The van der Waals surface area contributed by atoms with Crippen LogP contribution in [0.5, 0.6) is 11.5 Å². The number of hydrogen-bond acceptors (Lipinski definition) is 5. The first-order valence-electron chi connectivity index (χ1n) is 6.83. The van der Waals surface area contributed by atoms with Gasteiger partial charge in [0.2, 0.25) is 0 Å². The summed E-state index contributed by atoms with van der Waals surface area (Å²) in [5.41, 5.74) is 2.14. The van der Waals surface area contributed by atoms with Crippen LogP contribution in [0.1, 0.15) is 11.1 Å². The highest BCUT2D eigenvalue weighted by Gasteiger charge is 2.06. The van der Waals surface area contributed by atoms with Gasteiger partial charge in [-0.15, -0.1) is 0 Å². The molecule has 0 spiro atoms. The molecule has 0 aliphatic rings. The van der Waals surface area contributed by atoms with Crippen molar-refractivity contribution < 1.29 is 14.6 Å². The van der Waals surface area contributed by atoms with Crippen LogP contribution < -0.4 is 14.8 Å². The van der Waals surface area contributed by atoms with Crippen LogP contribution in [-0.4, -0.2) is 30.4 Å². The summed E-state index contributed by atoms with van der Waals surface area (Å²) in [6.45, 7) is 1.86. The lowest BCUT2D eigenvalue weighted by atomic mass is 10.2. The molecule has 5 nitrogen and oxygen atoms in total. The van der Waals surface area contributed by atoms with Gasteiger partial charge in [-0.2, -0.15) is 0 Å². The van der Waals surface area contributed by atoms with Crippen LogP contribution in [0.15, 0.2) is 42.7 Å². The molecular weight excluding hydrogens is 268 g/mol. The summed E-state index contributed by atoms with van der Waals surface area (Å²) in [4.78, 5) is 3.98. The van der Waals surface area contributed by atoms with E-state index in [0.29, 0.717) is 31.2 Å². The van der Waals surface area contributed by atoms with Crippen molar-refractivity contribution in [2.75, 3.05) is 20.3 Å². The monoisotopic (exact) mass is 288 g/mol. The number of methoxy groups -OCH3 is 1. The maximum Gasteiger partial charge on any atom is 0.161 e. The van der Waals surface area contributed by atoms with Gasteiger partial charge in [-0.3, -0.25) is 4.98 Å². The Balaban J connectivity index is 1.99. The number of nitrogens with zero attached hydrogens (tertiary/aromatic N) is 1. The van der Waals surface area contributed by atoms with Crippen molar-refractivity contribution in [3.8, 4) is 11.5 Å². The molecular formula is C16H20N2O3. The highest BCUT2D eigenvalue weighted by atomic mass is 16.5. The molecule has 112 valence electrons. The molecule has 2 aromatic rings.